The van der Waals surface area contributed by atoms with Crippen molar-refractivity contribution in [3.8, 4) is 0 Å². The molecular formula is C27H22F3NO3. The summed E-state index contributed by atoms with van der Waals surface area (Å²) in [7, 11) is 0. The van der Waals surface area contributed by atoms with Gasteiger partial charge in [0.15, 0.2) is 0 Å². The van der Waals surface area contributed by atoms with E-state index in [1.165, 1.54) is 12.1 Å². The van der Waals surface area contributed by atoms with Crippen molar-refractivity contribution in [2.24, 2.45) is 0 Å². The highest BCUT2D eigenvalue weighted by Crippen LogP contribution is 2.44. The Labute approximate surface area is 195 Å². The van der Waals surface area contributed by atoms with E-state index in [1.54, 1.807) is 50.2 Å². The summed E-state index contributed by atoms with van der Waals surface area (Å²) in [5.74, 6) is -2.31. The fourth-order valence-electron chi connectivity index (χ4n) is 4.25. The lowest BCUT2D eigenvalue weighted by Gasteiger charge is -2.27. The Balaban J connectivity index is 2.00. The molecule has 1 N–H and O–H groups in total. The molecule has 1 unspecified atom stereocenters. The third-order valence-electron chi connectivity index (χ3n) is 6.03. The fraction of sp³-hybridized carbons (Fsp3) is 0.185. The van der Waals surface area contributed by atoms with Crippen molar-refractivity contribution >= 4 is 23.1 Å². The second-order valence-electron chi connectivity index (χ2n) is 8.39. The Morgan fingerprint density at radius 1 is 0.882 bits per heavy atom. The number of anilines is 1. The Bertz CT molecular complexity index is 1340. The number of ketones is 1. The number of carbonyl (C=O) groups is 2. The summed E-state index contributed by atoms with van der Waals surface area (Å²) in [6, 6.07) is 15.5. The average Bonchev–Trinajstić information content (AvgIpc) is 3.05. The summed E-state index contributed by atoms with van der Waals surface area (Å²) in [6.07, 6.45) is -4.62. The first kappa shape index (κ1) is 23.3. The molecule has 4 nitrogen and oxygen atoms in total. The number of halogens is 3. The number of alkyl halides is 3. The van der Waals surface area contributed by atoms with Gasteiger partial charge < -0.3 is 5.11 Å². The molecule has 7 heteroatoms. The van der Waals surface area contributed by atoms with Gasteiger partial charge >= 0.3 is 6.18 Å². The molecule has 0 saturated carbocycles. The Hall–Kier alpha value is -3.87. The van der Waals surface area contributed by atoms with Gasteiger partial charge in [-0.25, -0.2) is 0 Å². The minimum absolute atomic E-state index is 0.0785. The maximum atomic E-state index is 13.4. The van der Waals surface area contributed by atoms with Crippen LogP contribution in [0.5, 0.6) is 0 Å². The number of rotatable bonds is 3. The number of carbonyl (C=O) groups excluding carboxylic acids is 2. The highest BCUT2D eigenvalue weighted by atomic mass is 19.4. The topological polar surface area (TPSA) is 57.6 Å². The Morgan fingerprint density at radius 3 is 2.26 bits per heavy atom. The van der Waals surface area contributed by atoms with Crippen LogP contribution < -0.4 is 4.90 Å². The van der Waals surface area contributed by atoms with E-state index < -0.39 is 29.5 Å². The summed E-state index contributed by atoms with van der Waals surface area (Å²) in [5.41, 5.74) is 1.99. The Morgan fingerprint density at radius 2 is 1.59 bits per heavy atom. The normalized spacial score (nSPS) is 17.9. The van der Waals surface area contributed by atoms with Crippen molar-refractivity contribution < 1.29 is 27.9 Å². The second-order valence-corrected chi connectivity index (χ2v) is 8.39. The zero-order valence-electron chi connectivity index (χ0n) is 18.8. The van der Waals surface area contributed by atoms with Crippen molar-refractivity contribution in [1.29, 1.82) is 0 Å². The van der Waals surface area contributed by atoms with E-state index in [-0.39, 0.29) is 17.0 Å². The maximum Gasteiger partial charge on any atom is 0.416 e. The van der Waals surface area contributed by atoms with E-state index in [0.717, 1.165) is 28.2 Å². The monoisotopic (exact) mass is 465 g/mol. The van der Waals surface area contributed by atoms with Crippen LogP contribution in [-0.2, 0) is 15.8 Å². The van der Waals surface area contributed by atoms with Gasteiger partial charge in [-0.2, -0.15) is 13.2 Å². The zero-order valence-corrected chi connectivity index (χ0v) is 18.8. The molecular weight excluding hydrogens is 443 g/mol. The molecule has 1 heterocycles. The van der Waals surface area contributed by atoms with E-state index in [2.05, 4.69) is 0 Å². The van der Waals surface area contributed by atoms with Crippen LogP contribution >= 0.6 is 0 Å². The van der Waals surface area contributed by atoms with Crippen LogP contribution in [-0.4, -0.2) is 16.8 Å². The molecule has 1 amide bonds. The summed E-state index contributed by atoms with van der Waals surface area (Å²) in [4.78, 5) is 27.5. The van der Waals surface area contributed by atoms with E-state index >= 15 is 0 Å². The number of Topliss-reactive ketones (excluding diaryl/α,β-unsaturated/α-hetero) is 1. The first-order valence-electron chi connectivity index (χ1n) is 10.6. The third-order valence-corrected chi connectivity index (χ3v) is 6.03. The lowest BCUT2D eigenvalue weighted by atomic mass is 9.91. The van der Waals surface area contributed by atoms with Crippen LogP contribution in [0.4, 0.5) is 18.9 Å². The number of aryl methyl sites for hydroxylation is 3. The smallest absolute Gasteiger partial charge is 0.416 e. The average molecular weight is 465 g/mol. The van der Waals surface area contributed by atoms with Crippen LogP contribution in [0.15, 0.2) is 72.3 Å². The summed E-state index contributed by atoms with van der Waals surface area (Å²) in [5, 5.41) is 11.3. The first-order chi connectivity index (χ1) is 16.0. The second kappa shape index (κ2) is 8.48. The minimum Gasteiger partial charge on any atom is -0.507 e. The molecule has 1 saturated heterocycles. The van der Waals surface area contributed by atoms with E-state index in [0.29, 0.717) is 16.7 Å². The summed E-state index contributed by atoms with van der Waals surface area (Å²) in [6.45, 7) is 5.37. The molecule has 1 aliphatic rings. The van der Waals surface area contributed by atoms with Crippen LogP contribution in [0, 0.1) is 20.8 Å². The van der Waals surface area contributed by atoms with E-state index in [4.69, 9.17) is 0 Å². The maximum absolute atomic E-state index is 13.4. The first-order valence-corrected chi connectivity index (χ1v) is 10.6. The van der Waals surface area contributed by atoms with Crippen molar-refractivity contribution in [1.82, 2.24) is 0 Å². The van der Waals surface area contributed by atoms with Crippen LogP contribution in [0.3, 0.4) is 0 Å². The molecule has 0 aromatic heterocycles. The summed E-state index contributed by atoms with van der Waals surface area (Å²) >= 11 is 0. The SMILES string of the molecule is Cc1ccc(C)c(/C(O)=C2\C(=O)C(=O)N(c3cccc(C(F)(F)F)c3)C2c2ccccc2C)c1. The largest absolute Gasteiger partial charge is 0.507 e. The molecule has 1 aliphatic heterocycles. The minimum atomic E-state index is -4.62. The molecule has 3 aromatic carbocycles. The zero-order chi connectivity index (χ0) is 24.8. The molecule has 0 aliphatic carbocycles. The summed E-state index contributed by atoms with van der Waals surface area (Å²) < 4.78 is 40.2. The van der Waals surface area contributed by atoms with Gasteiger partial charge in [0.2, 0.25) is 0 Å². The van der Waals surface area contributed by atoms with E-state index in [9.17, 15) is 27.9 Å². The Kier molecular flexibility index (Phi) is 5.81. The highest BCUT2D eigenvalue weighted by Gasteiger charge is 2.48. The molecule has 0 bridgehead atoms. The number of aliphatic hydroxyl groups excluding tert-OH is 1. The third kappa shape index (κ3) is 3.98. The van der Waals surface area contributed by atoms with Gasteiger partial charge in [0.1, 0.15) is 5.76 Å². The van der Waals surface area contributed by atoms with Gasteiger partial charge in [-0.3, -0.25) is 14.5 Å². The molecule has 174 valence electrons. The van der Waals surface area contributed by atoms with Gasteiger partial charge in [0, 0.05) is 11.3 Å². The molecule has 3 aromatic rings. The lowest BCUT2D eigenvalue weighted by molar-refractivity contribution is -0.137. The molecule has 0 spiro atoms. The van der Waals surface area contributed by atoms with Gasteiger partial charge in [-0.05, 0) is 61.7 Å². The van der Waals surface area contributed by atoms with Crippen molar-refractivity contribution in [2.75, 3.05) is 4.90 Å². The number of benzene rings is 3. The van der Waals surface area contributed by atoms with Gasteiger partial charge in [0.05, 0.1) is 17.2 Å². The van der Waals surface area contributed by atoms with Gasteiger partial charge in [-0.1, -0.05) is 48.0 Å². The van der Waals surface area contributed by atoms with Crippen LogP contribution in [0.1, 0.15) is 39.4 Å². The quantitative estimate of drug-likeness (QED) is 0.282. The molecule has 0 radical (unpaired) electrons. The number of amides is 1. The molecule has 34 heavy (non-hydrogen) atoms. The standard InChI is InChI=1S/C27H22F3NO3/c1-15-11-12-17(3)21(13-15)24(32)22-23(20-10-5-4-7-16(20)2)31(26(34)25(22)33)19-9-6-8-18(14-19)27(28,29)30/h4-14,23,32H,1-3H3/b24-22+. The predicted octanol–water partition coefficient (Wildman–Crippen LogP) is 6.26. The molecule has 1 atom stereocenters. The molecule has 1 fully saturated rings. The van der Waals surface area contributed by atoms with Crippen molar-refractivity contribution in [3.05, 3.63) is 106 Å². The number of hydrogen-bond donors (Lipinski definition) is 1. The van der Waals surface area contributed by atoms with Crippen LogP contribution in [0.25, 0.3) is 5.76 Å². The fourth-order valence-corrected chi connectivity index (χ4v) is 4.25. The number of hydrogen-bond acceptors (Lipinski definition) is 3. The predicted molar refractivity (Wildman–Crippen MR) is 123 cm³/mol. The van der Waals surface area contributed by atoms with Gasteiger partial charge in [-0.15, -0.1) is 0 Å². The molecule has 4 rings (SSSR count). The van der Waals surface area contributed by atoms with E-state index in [1.807, 2.05) is 13.0 Å². The van der Waals surface area contributed by atoms with Crippen LogP contribution in [0.2, 0.25) is 0 Å². The highest BCUT2D eigenvalue weighted by molar-refractivity contribution is 6.51. The van der Waals surface area contributed by atoms with Crippen molar-refractivity contribution in [2.45, 2.75) is 33.0 Å². The lowest BCUT2D eigenvalue weighted by Crippen LogP contribution is -2.30. The van der Waals surface area contributed by atoms with Crippen molar-refractivity contribution in [3.63, 3.8) is 0 Å². The van der Waals surface area contributed by atoms with Gasteiger partial charge in [0.25, 0.3) is 11.7 Å². The number of nitrogens with zero attached hydrogens (tertiary/aromatic N) is 1. The number of aliphatic hydroxyl groups is 1.